The topological polar surface area (TPSA) is 75.5 Å². The minimum Gasteiger partial charge on any atom is -0.491 e. The quantitative estimate of drug-likeness (QED) is 0.557. The monoisotopic (exact) mass is 414 g/mol. The predicted molar refractivity (Wildman–Crippen MR) is 107 cm³/mol. The van der Waals surface area contributed by atoms with Crippen LogP contribution in [-0.2, 0) is 0 Å². The maximum atomic E-state index is 10.0. The van der Waals surface area contributed by atoms with Gasteiger partial charge in [-0.3, -0.25) is 0 Å². The van der Waals surface area contributed by atoms with Crippen molar-refractivity contribution < 1.29 is 25.0 Å². The first-order valence-corrected chi connectivity index (χ1v) is 9.56. The Bertz CT molecular complexity index is 680. The molecule has 0 spiro atoms. The lowest BCUT2D eigenvalue weighted by Gasteiger charge is -2.15. The number of halogens is 2. The van der Waals surface area contributed by atoms with Gasteiger partial charge in [0.25, 0.3) is 0 Å². The Kier molecular flexibility index (Phi) is 8.67. The van der Waals surface area contributed by atoms with E-state index in [0.29, 0.717) is 34.6 Å². The van der Waals surface area contributed by atoms with E-state index in [-0.39, 0.29) is 13.2 Å². The third kappa shape index (κ3) is 7.56. The van der Waals surface area contributed by atoms with Gasteiger partial charge in [-0.25, -0.2) is 0 Å². The summed E-state index contributed by atoms with van der Waals surface area (Å²) in [5.41, 5.74) is 1.85. The smallest absolute Gasteiger partial charge is 0.137 e. The summed E-state index contributed by atoms with van der Waals surface area (Å²) >= 11 is 11.9. The fourth-order valence-corrected chi connectivity index (χ4v) is 2.65. The van der Waals surface area contributed by atoms with E-state index in [9.17, 15) is 10.2 Å². The number of rotatable bonds is 10. The van der Waals surface area contributed by atoms with Gasteiger partial charge in [0.2, 0.25) is 0 Å². The highest BCUT2D eigenvalue weighted by Crippen LogP contribution is 2.21. The molecule has 0 fully saturated rings. The van der Waals surface area contributed by atoms with Crippen molar-refractivity contribution in [1.29, 1.82) is 0 Å². The average molecular weight is 415 g/mol. The molecule has 0 saturated carbocycles. The molecule has 0 bridgehead atoms. The Balaban J connectivity index is 1.62. The zero-order valence-corrected chi connectivity index (χ0v) is 17.0. The van der Waals surface area contributed by atoms with Gasteiger partial charge in [-0.2, -0.15) is 0 Å². The van der Waals surface area contributed by atoms with E-state index in [4.69, 9.17) is 32.7 Å². The number of benzene rings is 2. The second-order valence-electron chi connectivity index (χ2n) is 6.51. The van der Waals surface area contributed by atoms with Crippen LogP contribution in [0.3, 0.4) is 0 Å². The molecular formula is C20H26Cl2NO4+. The van der Waals surface area contributed by atoms with Gasteiger partial charge in [0.15, 0.2) is 0 Å². The van der Waals surface area contributed by atoms with Crippen molar-refractivity contribution in [3.8, 4) is 11.5 Å². The number of ether oxygens (including phenoxy) is 2. The Morgan fingerprint density at radius 3 is 1.59 bits per heavy atom. The summed E-state index contributed by atoms with van der Waals surface area (Å²) in [6.45, 7) is 4.98. The molecule has 0 unspecified atom stereocenters. The average Bonchev–Trinajstić information content (AvgIpc) is 2.63. The molecule has 7 heteroatoms. The van der Waals surface area contributed by atoms with Gasteiger partial charge >= 0.3 is 0 Å². The maximum absolute atomic E-state index is 10.0. The van der Waals surface area contributed by atoms with Crippen LogP contribution in [0.5, 0.6) is 11.5 Å². The summed E-state index contributed by atoms with van der Waals surface area (Å²) in [7, 11) is 0. The fourth-order valence-electron chi connectivity index (χ4n) is 2.42. The summed E-state index contributed by atoms with van der Waals surface area (Å²) in [4.78, 5) is 0. The Morgan fingerprint density at radius 2 is 1.22 bits per heavy atom. The highest BCUT2D eigenvalue weighted by atomic mass is 35.5. The minimum absolute atomic E-state index is 0.175. The second kappa shape index (κ2) is 10.7. The molecule has 2 rings (SSSR count). The summed E-state index contributed by atoms with van der Waals surface area (Å²) < 4.78 is 11.1. The number of hydrogen-bond acceptors (Lipinski definition) is 4. The summed E-state index contributed by atoms with van der Waals surface area (Å²) in [5, 5.41) is 23.2. The molecule has 0 heterocycles. The lowest BCUT2D eigenvalue weighted by molar-refractivity contribution is -0.667. The first-order chi connectivity index (χ1) is 12.8. The molecule has 0 aliphatic heterocycles. The lowest BCUT2D eigenvalue weighted by Crippen LogP contribution is -2.88. The standard InChI is InChI=1S/C20H25Cl2NO4/c1-13-7-17(3-5-19(13)21)26-11-15(24)9-23-10-16(25)12-27-18-4-6-20(22)14(2)8-18/h3-8,15-16,23-25H,9-12H2,1-2H3/p+1/t15-,16-/m1/s1. The van der Waals surface area contributed by atoms with E-state index in [1.807, 2.05) is 31.3 Å². The fraction of sp³-hybridized carbons (Fsp3) is 0.400. The molecule has 2 aromatic carbocycles. The molecule has 0 aromatic heterocycles. The summed E-state index contributed by atoms with van der Waals surface area (Å²) in [5.74, 6) is 1.34. The molecule has 0 aliphatic rings. The van der Waals surface area contributed by atoms with Crippen molar-refractivity contribution in [2.24, 2.45) is 0 Å². The predicted octanol–water partition coefficient (Wildman–Crippen LogP) is 2.35. The normalized spacial score (nSPS) is 13.3. The molecule has 0 amide bonds. The van der Waals surface area contributed by atoms with E-state index in [1.165, 1.54) is 0 Å². The zero-order valence-electron chi connectivity index (χ0n) is 15.5. The zero-order chi connectivity index (χ0) is 19.8. The number of hydrogen-bond donors (Lipinski definition) is 3. The van der Waals surface area contributed by atoms with E-state index in [2.05, 4.69) is 0 Å². The largest absolute Gasteiger partial charge is 0.491 e. The Morgan fingerprint density at radius 1 is 0.815 bits per heavy atom. The molecule has 148 valence electrons. The molecule has 5 nitrogen and oxygen atoms in total. The molecule has 2 aromatic rings. The van der Waals surface area contributed by atoms with Gasteiger partial charge in [-0.15, -0.1) is 0 Å². The van der Waals surface area contributed by atoms with Crippen molar-refractivity contribution in [3.63, 3.8) is 0 Å². The van der Waals surface area contributed by atoms with Gasteiger partial charge in [0.1, 0.15) is 50.0 Å². The summed E-state index contributed by atoms with van der Waals surface area (Å²) in [6.07, 6.45) is -1.29. The van der Waals surface area contributed by atoms with Crippen molar-refractivity contribution in [2.75, 3.05) is 26.3 Å². The van der Waals surface area contributed by atoms with Crippen molar-refractivity contribution in [2.45, 2.75) is 26.1 Å². The van der Waals surface area contributed by atoms with Crippen LogP contribution in [0.2, 0.25) is 10.0 Å². The second-order valence-corrected chi connectivity index (χ2v) is 7.33. The molecular weight excluding hydrogens is 389 g/mol. The maximum Gasteiger partial charge on any atom is 0.137 e. The van der Waals surface area contributed by atoms with Crippen LogP contribution >= 0.6 is 23.2 Å². The number of nitrogens with two attached hydrogens (primary N) is 1. The lowest BCUT2D eigenvalue weighted by atomic mass is 10.2. The number of quaternary nitrogens is 1. The van der Waals surface area contributed by atoms with E-state index in [0.717, 1.165) is 11.1 Å². The van der Waals surface area contributed by atoms with Crippen molar-refractivity contribution in [1.82, 2.24) is 0 Å². The van der Waals surface area contributed by atoms with Crippen LogP contribution in [0.15, 0.2) is 36.4 Å². The summed E-state index contributed by atoms with van der Waals surface area (Å²) in [6, 6.07) is 10.7. The van der Waals surface area contributed by atoms with Crippen molar-refractivity contribution >= 4 is 23.2 Å². The van der Waals surface area contributed by atoms with E-state index >= 15 is 0 Å². The Hall–Kier alpha value is -1.50. The minimum atomic E-state index is -0.645. The van der Waals surface area contributed by atoms with Crippen LogP contribution in [0.1, 0.15) is 11.1 Å². The van der Waals surface area contributed by atoms with E-state index in [1.54, 1.807) is 24.3 Å². The van der Waals surface area contributed by atoms with Crippen LogP contribution in [0.25, 0.3) is 0 Å². The number of aliphatic hydroxyl groups excluding tert-OH is 2. The molecule has 27 heavy (non-hydrogen) atoms. The number of aryl methyl sites for hydroxylation is 2. The number of aliphatic hydroxyl groups is 2. The van der Waals surface area contributed by atoms with Crippen molar-refractivity contribution in [3.05, 3.63) is 57.6 Å². The molecule has 0 aliphatic carbocycles. The molecule has 2 atom stereocenters. The van der Waals surface area contributed by atoms with Gasteiger partial charge in [-0.05, 0) is 61.4 Å². The third-order valence-electron chi connectivity index (χ3n) is 4.02. The first-order valence-electron chi connectivity index (χ1n) is 8.81. The van der Waals surface area contributed by atoms with Gasteiger partial charge in [-0.1, -0.05) is 23.2 Å². The van der Waals surface area contributed by atoms with Crippen LogP contribution in [-0.4, -0.2) is 48.7 Å². The SMILES string of the molecule is Cc1cc(OC[C@H](O)C[NH2+]C[C@@H](O)COc2ccc(Cl)c(C)c2)ccc1Cl. The molecule has 4 N–H and O–H groups in total. The molecule has 0 radical (unpaired) electrons. The van der Waals surface area contributed by atoms with Crippen LogP contribution in [0, 0.1) is 13.8 Å². The van der Waals surface area contributed by atoms with Gasteiger partial charge in [0.05, 0.1) is 0 Å². The highest BCUT2D eigenvalue weighted by molar-refractivity contribution is 6.31. The third-order valence-corrected chi connectivity index (χ3v) is 4.87. The Labute approximate surface area is 169 Å². The van der Waals surface area contributed by atoms with Crippen LogP contribution < -0.4 is 14.8 Å². The highest BCUT2D eigenvalue weighted by Gasteiger charge is 2.12. The van der Waals surface area contributed by atoms with Gasteiger partial charge < -0.3 is 25.0 Å². The first kappa shape index (κ1) is 21.8. The van der Waals surface area contributed by atoms with E-state index < -0.39 is 12.2 Å². The van der Waals surface area contributed by atoms with Crippen LogP contribution in [0.4, 0.5) is 0 Å². The molecule has 0 saturated heterocycles. The van der Waals surface area contributed by atoms with Gasteiger partial charge in [0, 0.05) is 10.0 Å².